The molecule has 2 heterocycles. The van der Waals surface area contributed by atoms with Gasteiger partial charge in [-0.2, -0.15) is 0 Å². The third-order valence-electron chi connectivity index (χ3n) is 5.19. The van der Waals surface area contributed by atoms with Gasteiger partial charge in [-0.25, -0.2) is 8.42 Å². The van der Waals surface area contributed by atoms with Crippen LogP contribution in [0.25, 0.3) is 0 Å². The van der Waals surface area contributed by atoms with Crippen LogP contribution in [0.15, 0.2) is 70.5 Å². The number of anilines is 3. The van der Waals surface area contributed by atoms with Gasteiger partial charge < -0.3 is 9.64 Å². The zero-order valence-corrected chi connectivity index (χ0v) is 15.8. The van der Waals surface area contributed by atoms with Gasteiger partial charge in [-0.1, -0.05) is 30.3 Å². The summed E-state index contributed by atoms with van der Waals surface area (Å²) in [6.45, 7) is 2.59. The van der Waals surface area contributed by atoms with Gasteiger partial charge in [0.05, 0.1) is 33.5 Å². The number of ether oxygens (including phenoxy) is 1. The summed E-state index contributed by atoms with van der Waals surface area (Å²) in [4.78, 5) is 2.70. The number of nitrogens with zero attached hydrogens (tertiary/aromatic N) is 1. The highest BCUT2D eigenvalue weighted by atomic mass is 32.2. The Hall–Kier alpha value is -2.79. The molecule has 0 aromatic heterocycles. The molecule has 0 saturated carbocycles. The molecule has 0 amide bonds. The monoisotopic (exact) mass is 377 g/mol. The van der Waals surface area contributed by atoms with Gasteiger partial charge in [-0.15, -0.1) is 0 Å². The maximum absolute atomic E-state index is 13.3. The quantitative estimate of drug-likeness (QED) is 0.472. The van der Waals surface area contributed by atoms with E-state index in [1.54, 1.807) is 18.2 Å². The Balaban J connectivity index is 1.85. The van der Waals surface area contributed by atoms with Crippen molar-refractivity contribution in [2.75, 3.05) is 11.5 Å². The molecule has 0 unspecified atom stereocenters. The van der Waals surface area contributed by atoms with Crippen LogP contribution in [0.3, 0.4) is 0 Å². The van der Waals surface area contributed by atoms with Gasteiger partial charge in [0.2, 0.25) is 9.84 Å². The zero-order valence-electron chi connectivity index (χ0n) is 15.0. The van der Waals surface area contributed by atoms with Crippen LogP contribution < -0.4 is 9.64 Å². The van der Waals surface area contributed by atoms with Gasteiger partial charge in [-0.05, 0) is 61.2 Å². The smallest absolute Gasteiger partial charge is 0.210 e. The number of sulfone groups is 1. The lowest BCUT2D eigenvalue weighted by molar-refractivity contribution is 0.289. The summed E-state index contributed by atoms with van der Waals surface area (Å²) < 4.78 is 32.5. The van der Waals surface area contributed by atoms with Crippen LogP contribution in [0.2, 0.25) is 0 Å². The van der Waals surface area contributed by atoms with Gasteiger partial charge >= 0.3 is 0 Å². The molecule has 2 aliphatic heterocycles. The maximum Gasteiger partial charge on any atom is 0.210 e. The first-order valence-electron chi connectivity index (χ1n) is 9.07. The average molecular weight is 377 g/mol. The van der Waals surface area contributed by atoms with Gasteiger partial charge in [0.15, 0.2) is 0 Å². The van der Waals surface area contributed by atoms with E-state index in [0.29, 0.717) is 27.8 Å². The molecule has 136 valence electrons. The molecule has 0 spiro atoms. The average Bonchev–Trinajstić information content (AvgIpc) is 2.69. The van der Waals surface area contributed by atoms with Crippen LogP contribution in [0.1, 0.15) is 17.5 Å². The number of rotatable bonds is 1. The number of fused-ring (bicyclic) bond motifs is 3. The molecular weight excluding hydrogens is 358 g/mol. The minimum Gasteiger partial charge on any atom is -0.491 e. The lowest BCUT2D eigenvalue weighted by Gasteiger charge is -2.35. The summed E-state index contributed by atoms with van der Waals surface area (Å²) in [5.74, 6) is 0.851. The van der Waals surface area contributed by atoms with Gasteiger partial charge in [-0.3, -0.25) is 0 Å². The van der Waals surface area contributed by atoms with Crippen molar-refractivity contribution < 1.29 is 13.2 Å². The second-order valence-corrected chi connectivity index (χ2v) is 8.88. The van der Waals surface area contributed by atoms with E-state index < -0.39 is 9.84 Å². The Morgan fingerprint density at radius 2 is 1.67 bits per heavy atom. The molecule has 0 bridgehead atoms. The maximum atomic E-state index is 13.3. The molecule has 0 radical (unpaired) electrons. The topological polar surface area (TPSA) is 46.6 Å². The van der Waals surface area contributed by atoms with Crippen LogP contribution >= 0.6 is 0 Å². The van der Waals surface area contributed by atoms with E-state index in [-0.39, 0.29) is 0 Å². The van der Waals surface area contributed by atoms with Gasteiger partial charge in [0.1, 0.15) is 5.75 Å². The molecule has 2 aliphatic rings. The Morgan fingerprint density at radius 3 is 2.56 bits per heavy atom. The highest BCUT2D eigenvalue weighted by molar-refractivity contribution is 7.92. The lowest BCUT2D eigenvalue weighted by Crippen LogP contribution is -2.23. The first-order chi connectivity index (χ1) is 13.1. The van der Waals surface area contributed by atoms with E-state index in [1.165, 1.54) is 5.56 Å². The van der Waals surface area contributed by atoms with E-state index in [1.807, 2.05) is 48.2 Å². The molecule has 0 N–H and O–H groups in total. The minimum absolute atomic E-state index is 0.330. The first kappa shape index (κ1) is 16.4. The molecular formula is C22H19NO3S. The second-order valence-electron chi connectivity index (χ2n) is 7.00. The van der Waals surface area contributed by atoms with Crippen molar-refractivity contribution in [3.8, 4) is 5.75 Å². The minimum atomic E-state index is -3.57. The van der Waals surface area contributed by atoms with Crippen molar-refractivity contribution in [2.45, 2.75) is 29.6 Å². The van der Waals surface area contributed by atoms with Crippen molar-refractivity contribution >= 4 is 26.9 Å². The number of benzene rings is 3. The third kappa shape index (κ3) is 2.38. The van der Waals surface area contributed by atoms with Crippen molar-refractivity contribution in [3.05, 3.63) is 71.8 Å². The van der Waals surface area contributed by atoms with Crippen molar-refractivity contribution in [3.63, 3.8) is 0 Å². The molecule has 5 heteroatoms. The molecule has 0 fully saturated rings. The Morgan fingerprint density at radius 1 is 0.889 bits per heavy atom. The van der Waals surface area contributed by atoms with E-state index >= 15 is 0 Å². The van der Waals surface area contributed by atoms with Crippen molar-refractivity contribution in [2.24, 2.45) is 0 Å². The lowest BCUT2D eigenvalue weighted by atomic mass is 10.0. The predicted molar refractivity (Wildman–Crippen MR) is 105 cm³/mol. The predicted octanol–water partition coefficient (Wildman–Crippen LogP) is 4.94. The Kier molecular flexibility index (Phi) is 3.56. The fourth-order valence-electron chi connectivity index (χ4n) is 3.95. The van der Waals surface area contributed by atoms with Crippen LogP contribution in [0.4, 0.5) is 17.1 Å². The number of para-hydroxylation sites is 2. The molecule has 0 aliphatic carbocycles. The van der Waals surface area contributed by atoms with Crippen LogP contribution in [0, 0.1) is 6.92 Å². The normalized spacial score (nSPS) is 16.7. The fraction of sp³-hybridized carbons (Fsp3) is 0.182. The van der Waals surface area contributed by atoms with Crippen LogP contribution in [0.5, 0.6) is 5.75 Å². The Bertz CT molecular complexity index is 1170. The largest absolute Gasteiger partial charge is 0.491 e. The van der Waals surface area contributed by atoms with E-state index in [0.717, 1.165) is 29.8 Å². The SMILES string of the molecule is Cc1ccc2c(c1)S(=O)(=O)c1ccccc1N2c1cccc2c1OCCC2. The summed E-state index contributed by atoms with van der Waals surface area (Å²) in [6.07, 6.45) is 1.97. The second kappa shape index (κ2) is 5.86. The number of hydrogen-bond donors (Lipinski definition) is 0. The third-order valence-corrected chi connectivity index (χ3v) is 7.03. The summed E-state index contributed by atoms with van der Waals surface area (Å²) in [5, 5.41) is 0. The van der Waals surface area contributed by atoms with Crippen LogP contribution in [-0.2, 0) is 16.3 Å². The van der Waals surface area contributed by atoms with Crippen LogP contribution in [-0.4, -0.2) is 15.0 Å². The summed E-state index contributed by atoms with van der Waals surface area (Å²) in [5.41, 5.74) is 4.30. The standard InChI is InChI=1S/C22H19NO3S/c1-15-11-12-18-21(14-15)27(24,25)20-10-3-2-8-17(20)23(18)19-9-4-6-16-7-5-13-26-22(16)19/h2-4,6,8-12,14H,5,7,13H2,1H3. The van der Waals surface area contributed by atoms with E-state index in [4.69, 9.17) is 4.74 Å². The molecule has 27 heavy (non-hydrogen) atoms. The molecule has 3 aromatic carbocycles. The first-order valence-corrected chi connectivity index (χ1v) is 10.6. The highest BCUT2D eigenvalue weighted by Crippen LogP contribution is 2.51. The van der Waals surface area contributed by atoms with Gasteiger partial charge in [0.25, 0.3) is 0 Å². The Labute approximate surface area is 158 Å². The molecule has 3 aromatic rings. The zero-order chi connectivity index (χ0) is 18.6. The van der Waals surface area contributed by atoms with Gasteiger partial charge in [0, 0.05) is 0 Å². The molecule has 4 nitrogen and oxygen atoms in total. The summed E-state index contributed by atoms with van der Waals surface area (Å²) in [6, 6.07) is 18.9. The van der Waals surface area contributed by atoms with E-state index in [2.05, 4.69) is 6.07 Å². The molecule has 0 atom stereocenters. The molecule has 5 rings (SSSR count). The van der Waals surface area contributed by atoms with Crippen molar-refractivity contribution in [1.82, 2.24) is 0 Å². The fourth-order valence-corrected chi connectivity index (χ4v) is 5.65. The summed E-state index contributed by atoms with van der Waals surface area (Å²) >= 11 is 0. The van der Waals surface area contributed by atoms with Crippen molar-refractivity contribution in [1.29, 1.82) is 0 Å². The number of hydrogen-bond acceptors (Lipinski definition) is 4. The number of aryl methyl sites for hydroxylation is 2. The highest BCUT2D eigenvalue weighted by Gasteiger charge is 2.36. The van der Waals surface area contributed by atoms with E-state index in [9.17, 15) is 8.42 Å². The summed E-state index contributed by atoms with van der Waals surface area (Å²) in [7, 11) is -3.57. The molecule has 0 saturated heterocycles.